The third kappa shape index (κ3) is 5.00. The van der Waals surface area contributed by atoms with E-state index in [1.807, 2.05) is 0 Å². The molecule has 7 heteroatoms. The number of thioether (sulfide) groups is 1. The van der Waals surface area contributed by atoms with Gasteiger partial charge in [0.25, 0.3) is 5.91 Å². The summed E-state index contributed by atoms with van der Waals surface area (Å²) >= 11 is 1.25. The number of carbonyl (C=O) groups is 2. The van der Waals surface area contributed by atoms with Gasteiger partial charge in [0.05, 0.1) is 25.5 Å². The second-order valence-electron chi connectivity index (χ2n) is 3.77. The number of ether oxygens (including phenoxy) is 2. The Morgan fingerprint density at radius 3 is 2.65 bits per heavy atom. The fourth-order valence-corrected chi connectivity index (χ4v) is 2.04. The lowest BCUT2D eigenvalue weighted by Gasteiger charge is -2.10. The van der Waals surface area contributed by atoms with Crippen molar-refractivity contribution in [2.45, 2.75) is 0 Å². The number of carboxylic acids is 1. The summed E-state index contributed by atoms with van der Waals surface area (Å²) in [4.78, 5) is 22.3. The minimum atomic E-state index is -0.863. The Kier molecular flexibility index (Phi) is 6.72. The second-order valence-corrected chi connectivity index (χ2v) is 4.87. The Bertz CT molecular complexity index is 478. The van der Waals surface area contributed by atoms with Crippen molar-refractivity contribution in [3.63, 3.8) is 0 Å². The first-order valence-electron chi connectivity index (χ1n) is 5.88. The van der Waals surface area contributed by atoms with Crippen molar-refractivity contribution in [3.05, 3.63) is 23.8 Å². The highest BCUT2D eigenvalue weighted by Crippen LogP contribution is 2.24. The fraction of sp³-hybridized carbons (Fsp3) is 0.385. The van der Waals surface area contributed by atoms with E-state index in [2.05, 4.69) is 5.32 Å². The second kappa shape index (κ2) is 8.31. The van der Waals surface area contributed by atoms with E-state index in [-0.39, 0.29) is 11.7 Å². The van der Waals surface area contributed by atoms with Crippen LogP contribution in [0.3, 0.4) is 0 Å². The molecule has 1 aromatic rings. The van der Waals surface area contributed by atoms with Crippen molar-refractivity contribution < 1.29 is 24.2 Å². The fourth-order valence-electron chi connectivity index (χ4n) is 1.48. The number of nitrogens with one attached hydrogen (secondary N) is 1. The third-order valence-corrected chi connectivity index (χ3v) is 3.35. The Hall–Kier alpha value is -1.89. The highest BCUT2D eigenvalue weighted by molar-refractivity contribution is 7.99. The van der Waals surface area contributed by atoms with E-state index in [9.17, 15) is 9.59 Å². The molecule has 0 unspecified atom stereocenters. The number of methoxy groups -OCH3 is 2. The van der Waals surface area contributed by atoms with Gasteiger partial charge in [-0.05, 0) is 12.1 Å². The van der Waals surface area contributed by atoms with Gasteiger partial charge >= 0.3 is 5.97 Å². The standard InChI is InChI=1S/C13H17NO5S/c1-18-9-3-4-10(11(7-9)19-2)13(17)14-5-6-20-8-12(15)16/h3-4,7H,5-6,8H2,1-2H3,(H,14,17)(H,15,16). The van der Waals surface area contributed by atoms with Gasteiger partial charge in [-0.3, -0.25) is 9.59 Å². The highest BCUT2D eigenvalue weighted by atomic mass is 32.2. The summed E-state index contributed by atoms with van der Waals surface area (Å²) in [6, 6.07) is 4.93. The maximum atomic E-state index is 12.0. The molecule has 0 saturated heterocycles. The Balaban J connectivity index is 2.52. The largest absolute Gasteiger partial charge is 0.497 e. The van der Waals surface area contributed by atoms with Gasteiger partial charge in [-0.1, -0.05) is 0 Å². The molecule has 0 saturated carbocycles. The first-order chi connectivity index (χ1) is 9.58. The van der Waals surface area contributed by atoms with E-state index >= 15 is 0 Å². The SMILES string of the molecule is COc1ccc(C(=O)NCCSCC(=O)O)c(OC)c1. The Labute approximate surface area is 121 Å². The first kappa shape index (κ1) is 16.2. The molecule has 110 valence electrons. The van der Waals surface area contributed by atoms with E-state index in [1.165, 1.54) is 26.0 Å². The molecule has 0 aromatic heterocycles. The van der Waals surface area contributed by atoms with E-state index in [0.29, 0.717) is 29.4 Å². The minimum Gasteiger partial charge on any atom is -0.497 e. The molecular formula is C13H17NO5S. The topological polar surface area (TPSA) is 84.9 Å². The Morgan fingerprint density at radius 2 is 2.05 bits per heavy atom. The number of aliphatic carboxylic acids is 1. The molecule has 1 rings (SSSR count). The molecule has 20 heavy (non-hydrogen) atoms. The molecule has 0 heterocycles. The number of rotatable bonds is 8. The van der Waals surface area contributed by atoms with Crippen LogP contribution in [0.5, 0.6) is 11.5 Å². The number of benzene rings is 1. The zero-order valence-electron chi connectivity index (χ0n) is 11.3. The first-order valence-corrected chi connectivity index (χ1v) is 7.03. The summed E-state index contributed by atoms with van der Waals surface area (Å²) in [5.41, 5.74) is 0.413. The van der Waals surface area contributed by atoms with Crippen molar-refractivity contribution in [1.82, 2.24) is 5.32 Å². The molecule has 0 atom stereocenters. The maximum Gasteiger partial charge on any atom is 0.313 e. The van der Waals surface area contributed by atoms with Gasteiger partial charge in [-0.15, -0.1) is 11.8 Å². The van der Waals surface area contributed by atoms with E-state index in [0.717, 1.165) is 0 Å². The summed E-state index contributed by atoms with van der Waals surface area (Å²) in [5.74, 6) is 0.479. The quantitative estimate of drug-likeness (QED) is 0.703. The zero-order chi connectivity index (χ0) is 15.0. The average molecular weight is 299 g/mol. The van der Waals surface area contributed by atoms with Gasteiger partial charge in [0.15, 0.2) is 0 Å². The van der Waals surface area contributed by atoms with Gasteiger partial charge in [-0.25, -0.2) is 0 Å². The minimum absolute atomic E-state index is 0.0295. The molecule has 0 aliphatic heterocycles. The van der Waals surface area contributed by atoms with Gasteiger partial charge in [0.1, 0.15) is 11.5 Å². The molecule has 6 nitrogen and oxygen atoms in total. The van der Waals surface area contributed by atoms with Gasteiger partial charge in [0, 0.05) is 18.4 Å². The molecule has 0 aliphatic rings. The predicted octanol–water partition coefficient (Wildman–Crippen LogP) is 1.25. The lowest BCUT2D eigenvalue weighted by molar-refractivity contribution is -0.133. The van der Waals surface area contributed by atoms with Crippen LogP contribution in [0.25, 0.3) is 0 Å². The number of amides is 1. The summed E-state index contributed by atoms with van der Waals surface area (Å²) in [5, 5.41) is 11.2. The summed E-state index contributed by atoms with van der Waals surface area (Å²) in [6.45, 7) is 0.395. The molecule has 0 spiro atoms. The summed E-state index contributed by atoms with van der Waals surface area (Å²) < 4.78 is 10.2. The molecule has 1 aromatic carbocycles. The lowest BCUT2D eigenvalue weighted by Crippen LogP contribution is -2.26. The van der Waals surface area contributed by atoms with Crippen LogP contribution in [0.1, 0.15) is 10.4 Å². The van der Waals surface area contributed by atoms with Crippen LogP contribution in [0, 0.1) is 0 Å². The van der Waals surface area contributed by atoms with Crippen LogP contribution in [0.2, 0.25) is 0 Å². The normalized spacial score (nSPS) is 9.90. The van der Waals surface area contributed by atoms with Crippen LogP contribution >= 0.6 is 11.8 Å². The van der Waals surface area contributed by atoms with Gasteiger partial charge in [0.2, 0.25) is 0 Å². The van der Waals surface area contributed by atoms with Gasteiger partial charge < -0.3 is 19.9 Å². The molecule has 0 bridgehead atoms. The Morgan fingerprint density at radius 1 is 1.30 bits per heavy atom. The maximum absolute atomic E-state index is 12.0. The zero-order valence-corrected chi connectivity index (χ0v) is 12.2. The number of carbonyl (C=O) groups excluding carboxylic acids is 1. The van der Waals surface area contributed by atoms with Crippen molar-refractivity contribution in [1.29, 1.82) is 0 Å². The van der Waals surface area contributed by atoms with Gasteiger partial charge in [-0.2, -0.15) is 0 Å². The van der Waals surface area contributed by atoms with Crippen LogP contribution in [-0.4, -0.2) is 49.3 Å². The van der Waals surface area contributed by atoms with Crippen molar-refractivity contribution in [2.75, 3.05) is 32.3 Å². The van der Waals surface area contributed by atoms with Crippen LogP contribution in [0.4, 0.5) is 0 Å². The summed E-state index contributed by atoms with van der Waals surface area (Å²) in [7, 11) is 3.02. The molecule has 0 fully saturated rings. The molecule has 0 radical (unpaired) electrons. The monoisotopic (exact) mass is 299 g/mol. The number of hydrogen-bond acceptors (Lipinski definition) is 5. The highest BCUT2D eigenvalue weighted by Gasteiger charge is 2.12. The van der Waals surface area contributed by atoms with E-state index in [4.69, 9.17) is 14.6 Å². The van der Waals surface area contributed by atoms with Crippen molar-refractivity contribution >= 4 is 23.6 Å². The third-order valence-electron chi connectivity index (χ3n) is 2.41. The van der Waals surface area contributed by atoms with Crippen molar-refractivity contribution in [2.24, 2.45) is 0 Å². The van der Waals surface area contributed by atoms with Crippen LogP contribution in [-0.2, 0) is 4.79 Å². The number of carboxylic acid groups (broad SMARTS) is 1. The smallest absolute Gasteiger partial charge is 0.313 e. The summed E-state index contributed by atoms with van der Waals surface area (Å²) in [6.07, 6.45) is 0. The van der Waals surface area contributed by atoms with Crippen LogP contribution in [0.15, 0.2) is 18.2 Å². The number of hydrogen-bond donors (Lipinski definition) is 2. The van der Waals surface area contributed by atoms with E-state index in [1.54, 1.807) is 18.2 Å². The van der Waals surface area contributed by atoms with Crippen LogP contribution < -0.4 is 14.8 Å². The van der Waals surface area contributed by atoms with Crippen molar-refractivity contribution in [3.8, 4) is 11.5 Å². The van der Waals surface area contributed by atoms with E-state index < -0.39 is 5.97 Å². The lowest BCUT2D eigenvalue weighted by atomic mass is 10.2. The predicted molar refractivity (Wildman–Crippen MR) is 76.8 cm³/mol. The average Bonchev–Trinajstić information content (AvgIpc) is 2.45. The molecule has 2 N–H and O–H groups in total. The molecule has 0 aliphatic carbocycles. The molecule has 1 amide bonds. The molecular weight excluding hydrogens is 282 g/mol.